The number of sulfonamides is 1. The largest absolute Gasteiger partial charge is 0.486 e. The Labute approximate surface area is 220 Å². The molecule has 0 saturated carbocycles. The Morgan fingerprint density at radius 3 is 2.26 bits per heavy atom. The molecule has 0 saturated heterocycles. The van der Waals surface area contributed by atoms with Gasteiger partial charge in [0.05, 0.1) is 21.8 Å². The van der Waals surface area contributed by atoms with E-state index in [1.165, 1.54) is 30.3 Å². The first kappa shape index (κ1) is 26.9. The molecule has 1 N–H and O–H groups in total. The molecule has 1 aliphatic rings. The minimum atomic E-state index is -4.30. The number of fused-ring (bicyclic) bond motifs is 1. The molecular formula is C27H28FN3O6S. The van der Waals surface area contributed by atoms with E-state index in [0.29, 0.717) is 25.4 Å². The summed E-state index contributed by atoms with van der Waals surface area (Å²) in [5, 5.41) is 2.67. The Balaban J connectivity index is 1.65. The normalized spacial score (nSPS) is 12.5. The minimum absolute atomic E-state index is 0.0870. The molecule has 0 aromatic heterocycles. The van der Waals surface area contributed by atoms with Gasteiger partial charge in [0.15, 0.2) is 11.5 Å². The van der Waals surface area contributed by atoms with Gasteiger partial charge in [0.1, 0.15) is 25.6 Å². The molecule has 1 heterocycles. The summed E-state index contributed by atoms with van der Waals surface area (Å²) < 4.78 is 53.0. The molecule has 11 heteroatoms. The fourth-order valence-corrected chi connectivity index (χ4v) is 5.45. The van der Waals surface area contributed by atoms with Crippen LogP contribution in [0.4, 0.5) is 15.8 Å². The number of nitrogens with one attached hydrogen (secondary N) is 1. The topological polar surface area (TPSA) is 105 Å². The summed E-state index contributed by atoms with van der Waals surface area (Å²) in [6.45, 7) is 4.67. The number of hydrogen-bond donors (Lipinski definition) is 1. The number of rotatable bonds is 9. The molecule has 0 spiro atoms. The van der Waals surface area contributed by atoms with Crippen molar-refractivity contribution in [2.24, 2.45) is 0 Å². The van der Waals surface area contributed by atoms with Crippen LogP contribution in [0.2, 0.25) is 0 Å². The van der Waals surface area contributed by atoms with Crippen molar-refractivity contribution < 1.29 is 31.9 Å². The second kappa shape index (κ2) is 11.5. The van der Waals surface area contributed by atoms with Crippen molar-refractivity contribution >= 4 is 33.2 Å². The SMILES string of the molecule is CCN(CC)C(=O)c1ccccc1NC(=O)CN(c1ccc(F)cc1)S(=O)(=O)c1ccc2c(c1)OCCO2. The molecule has 4 rings (SSSR count). The van der Waals surface area contributed by atoms with Gasteiger partial charge in [-0.15, -0.1) is 0 Å². The van der Waals surface area contributed by atoms with Crippen LogP contribution in [-0.2, 0) is 14.8 Å². The molecule has 2 amide bonds. The Morgan fingerprint density at radius 2 is 1.58 bits per heavy atom. The van der Waals surface area contributed by atoms with E-state index in [0.717, 1.165) is 16.4 Å². The average Bonchev–Trinajstić information content (AvgIpc) is 2.93. The van der Waals surface area contributed by atoms with Gasteiger partial charge in [-0.05, 0) is 62.4 Å². The van der Waals surface area contributed by atoms with Crippen molar-refractivity contribution in [3.05, 3.63) is 78.1 Å². The third-order valence-electron chi connectivity index (χ3n) is 5.99. The molecule has 0 unspecified atom stereocenters. The number of hydrogen-bond acceptors (Lipinski definition) is 6. The van der Waals surface area contributed by atoms with Gasteiger partial charge >= 0.3 is 0 Å². The zero-order chi connectivity index (χ0) is 27.3. The van der Waals surface area contributed by atoms with Crippen LogP contribution in [-0.4, -0.2) is 58.0 Å². The van der Waals surface area contributed by atoms with Gasteiger partial charge in [0.25, 0.3) is 15.9 Å². The third kappa shape index (κ3) is 5.72. The van der Waals surface area contributed by atoms with Crippen molar-refractivity contribution in [2.45, 2.75) is 18.7 Å². The molecule has 38 heavy (non-hydrogen) atoms. The lowest BCUT2D eigenvalue weighted by Crippen LogP contribution is -2.38. The molecule has 1 aliphatic heterocycles. The van der Waals surface area contributed by atoms with E-state index >= 15 is 0 Å². The van der Waals surface area contributed by atoms with Crippen LogP contribution in [0.5, 0.6) is 11.5 Å². The van der Waals surface area contributed by atoms with Crippen LogP contribution in [0.25, 0.3) is 0 Å². The highest BCUT2D eigenvalue weighted by molar-refractivity contribution is 7.92. The van der Waals surface area contributed by atoms with Crippen LogP contribution >= 0.6 is 0 Å². The predicted molar refractivity (Wildman–Crippen MR) is 141 cm³/mol. The van der Waals surface area contributed by atoms with Gasteiger partial charge in [-0.25, -0.2) is 12.8 Å². The zero-order valence-electron chi connectivity index (χ0n) is 21.0. The van der Waals surface area contributed by atoms with Crippen LogP contribution in [0, 0.1) is 5.82 Å². The fraction of sp³-hybridized carbons (Fsp3) is 0.259. The number of benzene rings is 3. The van der Waals surface area contributed by atoms with E-state index < -0.39 is 28.3 Å². The number of carbonyl (C=O) groups excluding carboxylic acids is 2. The quantitative estimate of drug-likeness (QED) is 0.441. The predicted octanol–water partition coefficient (Wildman–Crippen LogP) is 3.91. The first-order valence-corrected chi connectivity index (χ1v) is 13.5. The maximum absolute atomic E-state index is 13.7. The van der Waals surface area contributed by atoms with Gasteiger partial charge in [-0.3, -0.25) is 13.9 Å². The average molecular weight is 542 g/mol. The smallest absolute Gasteiger partial charge is 0.264 e. The Kier molecular flexibility index (Phi) is 8.16. The van der Waals surface area contributed by atoms with Gasteiger partial charge < -0.3 is 19.7 Å². The lowest BCUT2D eigenvalue weighted by Gasteiger charge is -2.26. The van der Waals surface area contributed by atoms with E-state index in [4.69, 9.17) is 9.47 Å². The monoisotopic (exact) mass is 541 g/mol. The molecule has 0 bridgehead atoms. The number of anilines is 2. The summed E-state index contributed by atoms with van der Waals surface area (Å²) in [5.74, 6) is -0.820. The molecule has 0 fully saturated rings. The second-order valence-electron chi connectivity index (χ2n) is 8.36. The molecule has 200 valence electrons. The van der Waals surface area contributed by atoms with Gasteiger partial charge in [-0.1, -0.05) is 12.1 Å². The molecular weight excluding hydrogens is 513 g/mol. The highest BCUT2D eigenvalue weighted by Crippen LogP contribution is 2.34. The van der Waals surface area contributed by atoms with Crippen molar-refractivity contribution in [3.63, 3.8) is 0 Å². The minimum Gasteiger partial charge on any atom is -0.486 e. The molecule has 0 atom stereocenters. The Bertz CT molecular complexity index is 1420. The molecule has 3 aromatic carbocycles. The summed E-state index contributed by atoms with van der Waals surface area (Å²) in [6, 6.07) is 15.5. The van der Waals surface area contributed by atoms with Crippen molar-refractivity contribution in [1.29, 1.82) is 0 Å². The number of para-hydroxylation sites is 1. The van der Waals surface area contributed by atoms with Gasteiger partial charge in [-0.2, -0.15) is 0 Å². The zero-order valence-corrected chi connectivity index (χ0v) is 21.8. The lowest BCUT2D eigenvalue weighted by molar-refractivity contribution is -0.114. The summed E-state index contributed by atoms with van der Waals surface area (Å²) in [4.78, 5) is 27.6. The van der Waals surface area contributed by atoms with Crippen LogP contribution in [0.1, 0.15) is 24.2 Å². The molecule has 0 radical (unpaired) electrons. The van der Waals surface area contributed by atoms with Gasteiger partial charge in [0, 0.05) is 19.2 Å². The van der Waals surface area contributed by atoms with E-state index in [2.05, 4.69) is 5.32 Å². The van der Waals surface area contributed by atoms with E-state index in [1.807, 2.05) is 13.8 Å². The summed E-state index contributed by atoms with van der Waals surface area (Å²) in [6.07, 6.45) is 0. The Hall–Kier alpha value is -4.12. The van der Waals surface area contributed by atoms with Crippen molar-refractivity contribution in [2.75, 3.05) is 42.5 Å². The van der Waals surface area contributed by atoms with Crippen molar-refractivity contribution in [3.8, 4) is 11.5 Å². The summed E-state index contributed by atoms with van der Waals surface area (Å²) >= 11 is 0. The van der Waals surface area contributed by atoms with Crippen molar-refractivity contribution in [1.82, 2.24) is 4.90 Å². The maximum Gasteiger partial charge on any atom is 0.264 e. The number of carbonyl (C=O) groups is 2. The Morgan fingerprint density at radius 1 is 0.921 bits per heavy atom. The first-order valence-electron chi connectivity index (χ1n) is 12.1. The number of amides is 2. The van der Waals surface area contributed by atoms with Gasteiger partial charge in [0.2, 0.25) is 5.91 Å². The van der Waals surface area contributed by atoms with Crippen LogP contribution < -0.4 is 19.1 Å². The molecule has 3 aromatic rings. The number of ether oxygens (including phenoxy) is 2. The highest BCUT2D eigenvalue weighted by Gasteiger charge is 2.29. The maximum atomic E-state index is 13.7. The number of nitrogens with zero attached hydrogens (tertiary/aromatic N) is 2. The highest BCUT2D eigenvalue weighted by atomic mass is 32.2. The molecule has 9 nitrogen and oxygen atoms in total. The van der Waals surface area contributed by atoms with E-state index in [9.17, 15) is 22.4 Å². The lowest BCUT2D eigenvalue weighted by atomic mass is 10.1. The van der Waals surface area contributed by atoms with Crippen LogP contribution in [0.3, 0.4) is 0 Å². The fourth-order valence-electron chi connectivity index (χ4n) is 4.01. The van der Waals surface area contributed by atoms with E-state index in [1.54, 1.807) is 29.2 Å². The summed E-state index contributed by atoms with van der Waals surface area (Å²) in [5.41, 5.74) is 0.627. The third-order valence-corrected chi connectivity index (χ3v) is 7.76. The number of halogens is 1. The first-order chi connectivity index (χ1) is 18.2. The van der Waals surface area contributed by atoms with E-state index in [-0.39, 0.29) is 40.1 Å². The second-order valence-corrected chi connectivity index (χ2v) is 10.2. The standard InChI is InChI=1S/C27H28FN3O6S/c1-3-30(4-2)27(33)22-7-5-6-8-23(22)29-26(32)18-31(20-11-9-19(28)10-12-20)38(34,35)21-13-14-24-25(17-21)37-16-15-36-24/h5-14,17H,3-4,15-16,18H2,1-2H3,(H,29,32). The van der Waals surface area contributed by atoms with Crippen LogP contribution in [0.15, 0.2) is 71.6 Å². The summed E-state index contributed by atoms with van der Waals surface area (Å²) in [7, 11) is -4.30. The molecule has 0 aliphatic carbocycles.